The van der Waals surface area contributed by atoms with Crippen molar-refractivity contribution in [3.63, 3.8) is 0 Å². The second-order valence-corrected chi connectivity index (χ2v) is 14.8. The molecule has 0 N–H and O–H groups in total. The van der Waals surface area contributed by atoms with Crippen LogP contribution in [0.2, 0.25) is 0 Å². The molecule has 0 saturated heterocycles. The van der Waals surface area contributed by atoms with E-state index >= 15 is 0 Å². The van der Waals surface area contributed by atoms with E-state index in [2.05, 4.69) is 208 Å². The molecule has 3 nitrogen and oxygen atoms in total. The van der Waals surface area contributed by atoms with E-state index in [9.17, 15) is 4.39 Å². The summed E-state index contributed by atoms with van der Waals surface area (Å²) in [5.41, 5.74) is 14.1. The van der Waals surface area contributed by atoms with Gasteiger partial charge in [0.1, 0.15) is 5.82 Å². The fourth-order valence-corrected chi connectivity index (χ4v) is 8.70. The van der Waals surface area contributed by atoms with E-state index < -0.39 is 0 Å². The first-order chi connectivity index (χ1) is 28.7. The number of para-hydroxylation sites is 3. The van der Waals surface area contributed by atoms with Crippen LogP contribution in [0, 0.1) is 5.82 Å². The van der Waals surface area contributed by atoms with Crippen molar-refractivity contribution < 1.29 is 4.39 Å². The molecule has 0 unspecified atom stereocenters. The van der Waals surface area contributed by atoms with Gasteiger partial charge in [-0.15, -0.1) is 0 Å². The normalized spacial score (nSPS) is 11.5. The maximum absolute atomic E-state index is 14.2. The molecular formula is C54H36FN3. The van der Waals surface area contributed by atoms with Crippen molar-refractivity contribution >= 4 is 60.7 Å². The maximum Gasteiger partial charge on any atom is 0.123 e. The van der Waals surface area contributed by atoms with Crippen molar-refractivity contribution in [1.29, 1.82) is 0 Å². The number of aromatic nitrogens is 2. The van der Waals surface area contributed by atoms with E-state index in [1.165, 1.54) is 28.4 Å². The van der Waals surface area contributed by atoms with Gasteiger partial charge in [0.2, 0.25) is 0 Å². The minimum Gasteiger partial charge on any atom is -0.310 e. The maximum atomic E-state index is 14.2. The fraction of sp³-hybridized carbons (Fsp3) is 0. The lowest BCUT2D eigenvalue weighted by Gasteiger charge is -2.27. The molecule has 11 rings (SSSR count). The van der Waals surface area contributed by atoms with Crippen LogP contribution >= 0.6 is 0 Å². The molecule has 0 aliphatic heterocycles. The number of anilines is 3. The Morgan fingerprint density at radius 1 is 0.293 bits per heavy atom. The molecule has 0 saturated carbocycles. The Labute approximate surface area is 335 Å². The molecule has 2 heterocycles. The molecule has 2 aromatic heterocycles. The highest BCUT2D eigenvalue weighted by Gasteiger charge is 2.21. The molecule has 0 bridgehead atoms. The molecule has 0 radical (unpaired) electrons. The predicted octanol–water partition coefficient (Wildman–Crippen LogP) is 14.8. The van der Waals surface area contributed by atoms with Crippen molar-refractivity contribution in [2.24, 2.45) is 0 Å². The Morgan fingerprint density at radius 2 is 0.759 bits per heavy atom. The average molecular weight is 746 g/mol. The minimum absolute atomic E-state index is 0.252. The SMILES string of the molecule is Fc1ccc(-n2c3ccccc3c3cc(N(c4cc(-c5ccccc5)cc(-c5ccccc5)c4)c4ccc5c6ccccc6n(-c6ccccc6)c5c4)ccc32)cc1. The summed E-state index contributed by atoms with van der Waals surface area (Å²) in [5, 5.41) is 4.66. The van der Waals surface area contributed by atoms with E-state index in [0.717, 1.165) is 78.0 Å². The smallest absolute Gasteiger partial charge is 0.123 e. The number of fused-ring (bicyclic) bond motifs is 6. The molecule has 4 heteroatoms. The minimum atomic E-state index is -0.252. The molecule has 0 aliphatic rings. The number of hydrogen-bond acceptors (Lipinski definition) is 1. The zero-order valence-electron chi connectivity index (χ0n) is 31.5. The van der Waals surface area contributed by atoms with Crippen molar-refractivity contribution in [1.82, 2.24) is 9.13 Å². The van der Waals surface area contributed by atoms with Crippen molar-refractivity contribution in [3.05, 3.63) is 224 Å². The molecule has 0 fully saturated rings. The van der Waals surface area contributed by atoms with Crippen LogP contribution in [0.4, 0.5) is 21.5 Å². The predicted molar refractivity (Wildman–Crippen MR) is 241 cm³/mol. The van der Waals surface area contributed by atoms with E-state index in [-0.39, 0.29) is 5.82 Å². The number of halogens is 1. The van der Waals surface area contributed by atoms with E-state index in [0.29, 0.717) is 0 Å². The van der Waals surface area contributed by atoms with Crippen molar-refractivity contribution in [2.45, 2.75) is 0 Å². The number of rotatable bonds is 7. The second kappa shape index (κ2) is 13.8. The lowest BCUT2D eigenvalue weighted by molar-refractivity contribution is 0.627. The van der Waals surface area contributed by atoms with E-state index in [1.807, 2.05) is 12.1 Å². The molecule has 0 atom stereocenters. The summed E-state index contributed by atoms with van der Waals surface area (Å²) in [6.07, 6.45) is 0. The summed E-state index contributed by atoms with van der Waals surface area (Å²) >= 11 is 0. The standard InChI is InChI=1S/C54H36FN3/c55-41-24-26-43(27-25-41)57-52-23-13-11-21-48(52)50-35-44(29-31-53(50)57)56(46-33-39(37-14-4-1-5-15-37)32-40(34-46)38-16-6-2-7-17-38)45-28-30-49-47-20-10-12-22-51(47)58(54(49)36-45)42-18-8-3-9-19-42/h1-36H. The van der Waals surface area contributed by atoms with Gasteiger partial charge in [0.25, 0.3) is 0 Å². The summed E-state index contributed by atoms with van der Waals surface area (Å²) in [6.45, 7) is 0. The van der Waals surface area contributed by atoms with Gasteiger partial charge >= 0.3 is 0 Å². The first kappa shape index (κ1) is 33.6. The van der Waals surface area contributed by atoms with Crippen LogP contribution in [0.25, 0.3) is 77.2 Å². The Balaban J connectivity index is 1.20. The molecule has 0 aliphatic carbocycles. The van der Waals surface area contributed by atoms with Gasteiger partial charge in [-0.05, 0) is 119 Å². The molecular weight excluding hydrogens is 710 g/mol. The Kier molecular flexibility index (Phi) is 8.00. The first-order valence-corrected chi connectivity index (χ1v) is 19.6. The summed E-state index contributed by atoms with van der Waals surface area (Å²) in [5.74, 6) is -0.252. The lowest BCUT2D eigenvalue weighted by atomic mass is 9.97. The quantitative estimate of drug-likeness (QED) is 0.158. The van der Waals surface area contributed by atoms with Crippen molar-refractivity contribution in [2.75, 3.05) is 4.90 Å². The summed E-state index contributed by atoms with van der Waals surface area (Å²) in [6, 6.07) is 76.3. The van der Waals surface area contributed by atoms with E-state index in [1.54, 1.807) is 0 Å². The van der Waals surface area contributed by atoms with Crippen molar-refractivity contribution in [3.8, 4) is 33.6 Å². The highest BCUT2D eigenvalue weighted by Crippen LogP contribution is 2.44. The Morgan fingerprint density at radius 3 is 1.40 bits per heavy atom. The topological polar surface area (TPSA) is 13.1 Å². The third-order valence-electron chi connectivity index (χ3n) is 11.3. The monoisotopic (exact) mass is 745 g/mol. The van der Waals surface area contributed by atoms with Gasteiger partial charge in [-0.2, -0.15) is 0 Å². The number of benzene rings is 9. The van der Waals surface area contributed by atoms with Crippen LogP contribution in [0.5, 0.6) is 0 Å². The van der Waals surface area contributed by atoms with Gasteiger partial charge in [-0.3, -0.25) is 0 Å². The van der Waals surface area contributed by atoms with Gasteiger partial charge in [0, 0.05) is 50.0 Å². The van der Waals surface area contributed by atoms with Gasteiger partial charge in [0.05, 0.1) is 22.1 Å². The van der Waals surface area contributed by atoms with E-state index in [4.69, 9.17) is 0 Å². The lowest BCUT2D eigenvalue weighted by Crippen LogP contribution is -2.10. The van der Waals surface area contributed by atoms with Crippen LogP contribution in [0.1, 0.15) is 0 Å². The van der Waals surface area contributed by atoms with Crippen LogP contribution in [0.15, 0.2) is 218 Å². The Bertz CT molecular complexity index is 3220. The summed E-state index contributed by atoms with van der Waals surface area (Å²) in [7, 11) is 0. The average Bonchev–Trinajstić information content (AvgIpc) is 3.80. The van der Waals surface area contributed by atoms with Gasteiger partial charge in [0.15, 0.2) is 0 Å². The highest BCUT2D eigenvalue weighted by molar-refractivity contribution is 6.12. The third-order valence-corrected chi connectivity index (χ3v) is 11.3. The summed E-state index contributed by atoms with van der Waals surface area (Å²) < 4.78 is 18.8. The highest BCUT2D eigenvalue weighted by atomic mass is 19.1. The van der Waals surface area contributed by atoms with Crippen LogP contribution < -0.4 is 4.90 Å². The fourth-order valence-electron chi connectivity index (χ4n) is 8.70. The molecule has 9 aromatic carbocycles. The molecule has 0 amide bonds. The molecule has 58 heavy (non-hydrogen) atoms. The molecule has 274 valence electrons. The Hall–Kier alpha value is -7.69. The number of nitrogens with zero attached hydrogens (tertiary/aromatic N) is 3. The van der Waals surface area contributed by atoms with Gasteiger partial charge in [-0.25, -0.2) is 4.39 Å². The molecule has 0 spiro atoms. The van der Waals surface area contributed by atoms with Crippen LogP contribution in [-0.2, 0) is 0 Å². The molecule has 11 aromatic rings. The largest absolute Gasteiger partial charge is 0.310 e. The van der Waals surface area contributed by atoms with Gasteiger partial charge < -0.3 is 14.0 Å². The van der Waals surface area contributed by atoms with Crippen LogP contribution in [-0.4, -0.2) is 9.13 Å². The summed E-state index contributed by atoms with van der Waals surface area (Å²) in [4.78, 5) is 2.40. The van der Waals surface area contributed by atoms with Crippen LogP contribution in [0.3, 0.4) is 0 Å². The first-order valence-electron chi connectivity index (χ1n) is 19.6. The number of hydrogen-bond donors (Lipinski definition) is 0. The zero-order chi connectivity index (χ0) is 38.6. The van der Waals surface area contributed by atoms with Gasteiger partial charge in [-0.1, -0.05) is 121 Å². The zero-order valence-corrected chi connectivity index (χ0v) is 31.5. The second-order valence-electron chi connectivity index (χ2n) is 14.8. The third kappa shape index (κ3) is 5.65.